The zero-order valence-electron chi connectivity index (χ0n) is 16.7. The molecule has 6 nitrogen and oxygen atoms in total. The summed E-state index contributed by atoms with van der Waals surface area (Å²) in [6.07, 6.45) is -2.86. The zero-order valence-corrected chi connectivity index (χ0v) is 16.7. The molecule has 1 fully saturated rings. The van der Waals surface area contributed by atoms with E-state index in [1.54, 1.807) is 12.3 Å². The molecular weight excluding hydrogens is 423 g/mol. The van der Waals surface area contributed by atoms with Crippen molar-refractivity contribution in [3.05, 3.63) is 60.2 Å². The summed E-state index contributed by atoms with van der Waals surface area (Å²) in [4.78, 5) is 11.1. The van der Waals surface area contributed by atoms with Crippen molar-refractivity contribution < 1.29 is 27.8 Å². The lowest BCUT2D eigenvalue weighted by Gasteiger charge is -2.17. The monoisotopic (exact) mass is 441 g/mol. The smallest absolute Gasteiger partial charge is 0.454 e. The molecular formula is C23H18F3N3O3. The molecule has 2 aromatic carbocycles. The van der Waals surface area contributed by atoms with Gasteiger partial charge in [0.2, 0.25) is 0 Å². The molecule has 0 aliphatic carbocycles. The van der Waals surface area contributed by atoms with Gasteiger partial charge in [-0.2, -0.15) is 0 Å². The molecule has 0 spiro atoms. The van der Waals surface area contributed by atoms with Gasteiger partial charge >= 0.3 is 6.36 Å². The summed E-state index contributed by atoms with van der Waals surface area (Å²) in [5.41, 5.74) is 2.49. The molecule has 1 saturated heterocycles. The number of aliphatic hydroxyl groups excluding tert-OH is 1. The maximum Gasteiger partial charge on any atom is 0.573 e. The summed E-state index contributed by atoms with van der Waals surface area (Å²) in [6, 6.07) is 15.0. The van der Waals surface area contributed by atoms with Crippen LogP contribution in [0.5, 0.6) is 17.2 Å². The van der Waals surface area contributed by atoms with Crippen LogP contribution in [0.15, 0.2) is 59.6 Å². The number of pyridine rings is 1. The number of halogens is 3. The Labute approximate surface area is 181 Å². The fourth-order valence-electron chi connectivity index (χ4n) is 3.75. The quantitative estimate of drug-likeness (QED) is 0.481. The number of fused-ring (bicyclic) bond motifs is 2. The minimum atomic E-state index is -4.78. The first-order chi connectivity index (χ1) is 15.3. The maximum absolute atomic E-state index is 12.5. The van der Waals surface area contributed by atoms with Crippen LogP contribution in [0.2, 0.25) is 0 Å². The number of hydrogen-bond acceptors (Lipinski definition) is 6. The van der Waals surface area contributed by atoms with E-state index in [0.29, 0.717) is 23.6 Å². The van der Waals surface area contributed by atoms with E-state index in [-0.39, 0.29) is 17.5 Å². The molecule has 0 bridgehead atoms. The highest BCUT2D eigenvalue weighted by Gasteiger charge is 2.31. The standard InChI is InChI=1S/C23H18F3N3O3/c24-23(25,26)32-17-5-7-21-19(11-17)27-12-15-10-14(4-6-20(15)31-21)18-2-1-3-22(28-18)29-9-8-16(30)13-29/h1-7,10-12,16,30H,8-9,13H2/t16-/m1/s1. The average molecular weight is 441 g/mol. The van der Waals surface area contributed by atoms with E-state index in [0.717, 1.165) is 30.0 Å². The number of hydrogen-bond donors (Lipinski definition) is 1. The predicted octanol–water partition coefficient (Wildman–Crippen LogP) is 5.07. The molecule has 1 N–H and O–H groups in total. The molecule has 2 aliphatic heterocycles. The lowest BCUT2D eigenvalue weighted by molar-refractivity contribution is -0.274. The predicted molar refractivity (Wildman–Crippen MR) is 113 cm³/mol. The molecule has 3 aromatic rings. The molecule has 1 aromatic heterocycles. The topological polar surface area (TPSA) is 67.2 Å². The molecule has 0 saturated carbocycles. The highest BCUT2D eigenvalue weighted by molar-refractivity contribution is 5.89. The van der Waals surface area contributed by atoms with Gasteiger partial charge in [-0.3, -0.25) is 4.99 Å². The molecule has 1 atom stereocenters. The van der Waals surface area contributed by atoms with Gasteiger partial charge in [0.1, 0.15) is 23.0 Å². The minimum Gasteiger partial charge on any atom is -0.454 e. The van der Waals surface area contributed by atoms with Gasteiger partial charge in [-0.05, 0) is 48.9 Å². The van der Waals surface area contributed by atoms with E-state index >= 15 is 0 Å². The average Bonchev–Trinajstić information content (AvgIpc) is 3.11. The van der Waals surface area contributed by atoms with Gasteiger partial charge in [0, 0.05) is 36.5 Å². The van der Waals surface area contributed by atoms with Crippen LogP contribution in [0.25, 0.3) is 11.3 Å². The first-order valence-corrected chi connectivity index (χ1v) is 10.0. The fourth-order valence-corrected chi connectivity index (χ4v) is 3.75. The molecule has 32 heavy (non-hydrogen) atoms. The number of nitrogens with zero attached hydrogens (tertiary/aromatic N) is 3. The van der Waals surface area contributed by atoms with Crippen LogP contribution in [-0.4, -0.2) is 41.9 Å². The Kier molecular flexibility index (Phi) is 4.97. The Morgan fingerprint density at radius 3 is 2.69 bits per heavy atom. The van der Waals surface area contributed by atoms with E-state index < -0.39 is 6.36 Å². The van der Waals surface area contributed by atoms with E-state index in [1.165, 1.54) is 18.2 Å². The van der Waals surface area contributed by atoms with Gasteiger partial charge in [-0.1, -0.05) is 6.07 Å². The third kappa shape index (κ3) is 4.24. The molecule has 9 heteroatoms. The Bertz CT molecular complexity index is 1200. The number of ether oxygens (including phenoxy) is 2. The summed E-state index contributed by atoms with van der Waals surface area (Å²) < 4.78 is 47.4. The van der Waals surface area contributed by atoms with Crippen molar-refractivity contribution >= 4 is 17.7 Å². The van der Waals surface area contributed by atoms with Crippen LogP contribution < -0.4 is 14.4 Å². The second kappa shape index (κ2) is 7.83. The first kappa shape index (κ1) is 20.3. The van der Waals surface area contributed by atoms with Gasteiger partial charge in [0.05, 0.1) is 11.8 Å². The Hall–Kier alpha value is -3.59. The van der Waals surface area contributed by atoms with Crippen molar-refractivity contribution in [2.75, 3.05) is 18.0 Å². The SMILES string of the molecule is O[C@@H]1CCN(c2cccc(-c3ccc4c(c3)C=Nc3cc(OC(F)(F)F)ccc3O4)n2)C1. The summed E-state index contributed by atoms with van der Waals surface area (Å²) in [5, 5.41) is 9.79. The first-order valence-electron chi connectivity index (χ1n) is 10.0. The molecule has 5 rings (SSSR count). The zero-order chi connectivity index (χ0) is 22.3. The Balaban J connectivity index is 1.43. The van der Waals surface area contributed by atoms with Crippen LogP contribution in [-0.2, 0) is 0 Å². The third-order valence-electron chi connectivity index (χ3n) is 5.25. The van der Waals surface area contributed by atoms with Crippen LogP contribution >= 0.6 is 0 Å². The number of anilines is 1. The Morgan fingerprint density at radius 1 is 1.06 bits per heavy atom. The summed E-state index contributed by atoms with van der Waals surface area (Å²) in [7, 11) is 0. The van der Waals surface area contributed by atoms with Crippen molar-refractivity contribution in [2.24, 2.45) is 4.99 Å². The lowest BCUT2D eigenvalue weighted by atomic mass is 10.1. The van der Waals surface area contributed by atoms with Crippen molar-refractivity contribution in [1.82, 2.24) is 4.98 Å². The van der Waals surface area contributed by atoms with Crippen LogP contribution in [0.3, 0.4) is 0 Å². The lowest BCUT2D eigenvalue weighted by Crippen LogP contribution is -2.22. The van der Waals surface area contributed by atoms with Gasteiger partial charge in [0.25, 0.3) is 0 Å². The summed E-state index contributed by atoms with van der Waals surface area (Å²) >= 11 is 0. The molecule has 3 heterocycles. The van der Waals surface area contributed by atoms with E-state index in [9.17, 15) is 18.3 Å². The highest BCUT2D eigenvalue weighted by atomic mass is 19.4. The molecule has 0 unspecified atom stereocenters. The maximum atomic E-state index is 12.5. The van der Waals surface area contributed by atoms with Crippen LogP contribution in [0.1, 0.15) is 12.0 Å². The molecule has 0 amide bonds. The van der Waals surface area contributed by atoms with Gasteiger partial charge in [0.15, 0.2) is 5.75 Å². The van der Waals surface area contributed by atoms with Crippen molar-refractivity contribution in [3.63, 3.8) is 0 Å². The van der Waals surface area contributed by atoms with Crippen LogP contribution in [0, 0.1) is 0 Å². The largest absolute Gasteiger partial charge is 0.573 e. The minimum absolute atomic E-state index is 0.234. The Morgan fingerprint density at radius 2 is 1.91 bits per heavy atom. The third-order valence-corrected chi connectivity index (χ3v) is 5.25. The number of alkyl halides is 3. The second-order valence-corrected chi connectivity index (χ2v) is 7.56. The van der Waals surface area contributed by atoms with E-state index in [1.807, 2.05) is 35.2 Å². The molecule has 2 aliphatic rings. The normalized spacial score (nSPS) is 17.4. The molecule has 0 radical (unpaired) electrons. The number of aliphatic imine (C=N–C) groups is 1. The summed E-state index contributed by atoms with van der Waals surface area (Å²) in [6.45, 7) is 1.31. The number of β-amino-alcohol motifs (C(OH)–C–C–N with tert-alkyl or cyclic N) is 1. The fraction of sp³-hybridized carbons (Fsp3) is 0.217. The second-order valence-electron chi connectivity index (χ2n) is 7.56. The highest BCUT2D eigenvalue weighted by Crippen LogP contribution is 2.40. The number of aliphatic hydroxyl groups is 1. The van der Waals surface area contributed by atoms with Crippen molar-refractivity contribution in [3.8, 4) is 28.5 Å². The van der Waals surface area contributed by atoms with E-state index in [2.05, 4.69) is 9.73 Å². The van der Waals surface area contributed by atoms with Gasteiger partial charge in [-0.15, -0.1) is 13.2 Å². The van der Waals surface area contributed by atoms with Gasteiger partial charge in [-0.25, -0.2) is 4.98 Å². The summed E-state index contributed by atoms with van der Waals surface area (Å²) in [5.74, 6) is 1.29. The van der Waals surface area contributed by atoms with Crippen molar-refractivity contribution in [1.29, 1.82) is 0 Å². The van der Waals surface area contributed by atoms with E-state index in [4.69, 9.17) is 9.72 Å². The number of aromatic nitrogens is 1. The number of rotatable bonds is 3. The van der Waals surface area contributed by atoms with Crippen LogP contribution in [0.4, 0.5) is 24.7 Å². The number of benzene rings is 2. The van der Waals surface area contributed by atoms with Gasteiger partial charge < -0.3 is 19.5 Å². The van der Waals surface area contributed by atoms with Crippen molar-refractivity contribution in [2.45, 2.75) is 18.9 Å². The molecule has 164 valence electrons.